The topological polar surface area (TPSA) is 96.9 Å². The minimum atomic E-state index is -0.443. The highest BCUT2D eigenvalue weighted by Crippen LogP contribution is 2.18. The van der Waals surface area contributed by atoms with E-state index in [1.807, 2.05) is 29.2 Å². The summed E-state index contributed by atoms with van der Waals surface area (Å²) in [5.41, 5.74) is 0.933. The van der Waals surface area contributed by atoms with Gasteiger partial charge < -0.3 is 24.2 Å². The molecule has 3 heterocycles. The average Bonchev–Trinajstić information content (AvgIpc) is 3.28. The Labute approximate surface area is 157 Å². The van der Waals surface area contributed by atoms with Crippen molar-refractivity contribution in [1.82, 2.24) is 15.5 Å². The molecule has 0 aliphatic carbocycles. The lowest BCUT2D eigenvalue weighted by Gasteiger charge is -2.30. The second-order valence-electron chi connectivity index (χ2n) is 6.24. The Morgan fingerprint density at radius 2 is 1.78 bits per heavy atom. The summed E-state index contributed by atoms with van der Waals surface area (Å²) in [6.45, 7) is 5.08. The van der Waals surface area contributed by atoms with Gasteiger partial charge in [0.15, 0.2) is 0 Å². The third kappa shape index (κ3) is 4.79. The zero-order chi connectivity index (χ0) is 19.2. The van der Waals surface area contributed by atoms with Crippen LogP contribution < -0.4 is 10.6 Å². The van der Waals surface area contributed by atoms with Crippen LogP contribution in [0.5, 0.6) is 0 Å². The molecule has 8 nitrogen and oxygen atoms in total. The summed E-state index contributed by atoms with van der Waals surface area (Å²) < 4.78 is 16.1. The number of nitrogens with one attached hydrogen (secondary N) is 2. The first-order valence-electron chi connectivity index (χ1n) is 8.81. The first-order valence-corrected chi connectivity index (χ1v) is 8.81. The van der Waals surface area contributed by atoms with Crippen LogP contribution in [0.15, 0.2) is 56.9 Å². The molecular weight excluding hydrogens is 350 g/mol. The molecule has 1 atom stereocenters. The van der Waals surface area contributed by atoms with Crippen molar-refractivity contribution >= 4 is 12.0 Å². The summed E-state index contributed by atoms with van der Waals surface area (Å²) in [6.07, 6.45) is 3.22. The molecule has 144 valence electrons. The van der Waals surface area contributed by atoms with Crippen molar-refractivity contribution in [2.75, 3.05) is 13.2 Å². The van der Waals surface area contributed by atoms with Gasteiger partial charge in [-0.15, -0.1) is 0 Å². The van der Waals surface area contributed by atoms with Gasteiger partial charge in [-0.2, -0.15) is 0 Å². The number of rotatable bonds is 8. The standard InChI is InChI=1S/C19H23N3O5/c1-3-25-18(23)17-13(2)20-19(24)21-16(17)12-22(10-14-6-4-8-26-14)11-15-7-5-9-27-15/h4-9,13H,3,10-12H2,1-2H3,(H2,20,21,24). The Balaban J connectivity index is 1.86. The second-order valence-corrected chi connectivity index (χ2v) is 6.24. The van der Waals surface area contributed by atoms with Crippen molar-refractivity contribution < 1.29 is 23.2 Å². The van der Waals surface area contributed by atoms with Gasteiger partial charge in [0, 0.05) is 12.2 Å². The van der Waals surface area contributed by atoms with E-state index in [0.29, 0.717) is 30.9 Å². The van der Waals surface area contributed by atoms with Gasteiger partial charge in [-0.3, -0.25) is 4.90 Å². The molecule has 1 aliphatic rings. The number of esters is 1. The summed E-state index contributed by atoms with van der Waals surface area (Å²) >= 11 is 0. The quantitative estimate of drug-likeness (QED) is 0.690. The van der Waals surface area contributed by atoms with Gasteiger partial charge in [-0.1, -0.05) is 0 Å². The number of carbonyl (C=O) groups excluding carboxylic acids is 2. The van der Waals surface area contributed by atoms with Crippen LogP contribution in [0.3, 0.4) is 0 Å². The van der Waals surface area contributed by atoms with E-state index in [-0.39, 0.29) is 12.6 Å². The molecule has 0 aromatic carbocycles. The van der Waals surface area contributed by atoms with E-state index < -0.39 is 12.0 Å². The number of nitrogens with zero attached hydrogens (tertiary/aromatic N) is 1. The van der Waals surface area contributed by atoms with E-state index in [1.54, 1.807) is 26.4 Å². The smallest absolute Gasteiger partial charge is 0.337 e. The molecule has 27 heavy (non-hydrogen) atoms. The number of amides is 2. The molecule has 2 amide bonds. The van der Waals surface area contributed by atoms with E-state index in [2.05, 4.69) is 10.6 Å². The van der Waals surface area contributed by atoms with Crippen LogP contribution in [-0.4, -0.2) is 36.1 Å². The molecule has 3 rings (SSSR count). The maximum Gasteiger partial charge on any atom is 0.337 e. The molecular formula is C19H23N3O5. The van der Waals surface area contributed by atoms with Gasteiger partial charge in [-0.25, -0.2) is 9.59 Å². The minimum Gasteiger partial charge on any atom is -0.468 e. The number of ether oxygens (including phenoxy) is 1. The summed E-state index contributed by atoms with van der Waals surface area (Å²) in [5.74, 6) is 1.10. The molecule has 2 aromatic heterocycles. The van der Waals surface area contributed by atoms with Gasteiger partial charge in [0.2, 0.25) is 0 Å². The van der Waals surface area contributed by atoms with Crippen LogP contribution in [0.2, 0.25) is 0 Å². The molecule has 1 unspecified atom stereocenters. The lowest BCUT2D eigenvalue weighted by molar-refractivity contribution is -0.139. The van der Waals surface area contributed by atoms with Crippen LogP contribution in [0.4, 0.5) is 4.79 Å². The zero-order valence-electron chi connectivity index (χ0n) is 15.4. The molecule has 8 heteroatoms. The van der Waals surface area contributed by atoms with E-state index in [1.165, 1.54) is 0 Å². The number of furan rings is 2. The predicted molar refractivity (Wildman–Crippen MR) is 96.3 cm³/mol. The van der Waals surface area contributed by atoms with Crippen molar-refractivity contribution in [3.8, 4) is 0 Å². The monoisotopic (exact) mass is 373 g/mol. The van der Waals surface area contributed by atoms with Gasteiger partial charge in [0.1, 0.15) is 11.5 Å². The number of carbonyl (C=O) groups is 2. The maximum atomic E-state index is 12.4. The minimum absolute atomic E-state index is 0.263. The summed E-state index contributed by atoms with van der Waals surface area (Å²) in [7, 11) is 0. The number of hydrogen-bond donors (Lipinski definition) is 2. The van der Waals surface area contributed by atoms with E-state index >= 15 is 0 Å². The summed E-state index contributed by atoms with van der Waals surface area (Å²) in [6, 6.07) is 6.60. The first kappa shape index (κ1) is 18.8. The molecule has 0 bridgehead atoms. The predicted octanol–water partition coefficient (Wildman–Crippen LogP) is 2.39. The molecule has 2 N–H and O–H groups in total. The van der Waals surface area contributed by atoms with Crippen molar-refractivity contribution in [3.05, 3.63) is 59.6 Å². The summed E-state index contributed by atoms with van der Waals surface area (Å²) in [4.78, 5) is 26.4. The van der Waals surface area contributed by atoms with Crippen LogP contribution in [0.1, 0.15) is 25.4 Å². The number of hydrogen-bond acceptors (Lipinski definition) is 6. The van der Waals surface area contributed by atoms with Crippen LogP contribution >= 0.6 is 0 Å². The van der Waals surface area contributed by atoms with E-state index in [0.717, 1.165) is 11.5 Å². The maximum absolute atomic E-state index is 12.4. The highest BCUT2D eigenvalue weighted by molar-refractivity contribution is 5.94. The average molecular weight is 373 g/mol. The second kappa shape index (κ2) is 8.59. The largest absolute Gasteiger partial charge is 0.468 e. The van der Waals surface area contributed by atoms with Crippen LogP contribution in [0, 0.1) is 0 Å². The van der Waals surface area contributed by atoms with Gasteiger partial charge in [0.05, 0.1) is 43.8 Å². The number of urea groups is 1. The van der Waals surface area contributed by atoms with Gasteiger partial charge in [0.25, 0.3) is 0 Å². The molecule has 0 spiro atoms. The molecule has 1 aliphatic heterocycles. The Kier molecular flexibility index (Phi) is 5.97. The molecule has 0 saturated carbocycles. The fourth-order valence-electron chi connectivity index (χ4n) is 3.04. The van der Waals surface area contributed by atoms with Crippen molar-refractivity contribution in [2.24, 2.45) is 0 Å². The van der Waals surface area contributed by atoms with Crippen molar-refractivity contribution in [2.45, 2.75) is 33.0 Å². The Bertz CT molecular complexity index is 759. The van der Waals surface area contributed by atoms with Gasteiger partial charge in [-0.05, 0) is 38.1 Å². The van der Waals surface area contributed by atoms with E-state index in [4.69, 9.17) is 13.6 Å². The zero-order valence-corrected chi connectivity index (χ0v) is 15.4. The van der Waals surface area contributed by atoms with E-state index in [9.17, 15) is 9.59 Å². The third-order valence-corrected chi connectivity index (χ3v) is 4.17. The van der Waals surface area contributed by atoms with Crippen LogP contribution in [0.25, 0.3) is 0 Å². The lowest BCUT2D eigenvalue weighted by atomic mass is 10.0. The molecule has 0 fully saturated rings. The van der Waals surface area contributed by atoms with Crippen molar-refractivity contribution in [1.29, 1.82) is 0 Å². The lowest BCUT2D eigenvalue weighted by Crippen LogP contribution is -2.51. The fraction of sp³-hybridized carbons (Fsp3) is 0.368. The van der Waals surface area contributed by atoms with Crippen LogP contribution in [-0.2, 0) is 22.6 Å². The SMILES string of the molecule is CCOC(=O)C1=C(CN(Cc2ccco2)Cc2ccco2)NC(=O)NC1C. The van der Waals surface area contributed by atoms with Crippen molar-refractivity contribution in [3.63, 3.8) is 0 Å². The Morgan fingerprint density at radius 1 is 1.15 bits per heavy atom. The molecule has 2 aromatic rings. The first-order chi connectivity index (χ1) is 13.1. The third-order valence-electron chi connectivity index (χ3n) is 4.17. The normalized spacial score (nSPS) is 17.0. The Hall–Kier alpha value is -3.00. The Morgan fingerprint density at radius 3 is 2.30 bits per heavy atom. The highest BCUT2D eigenvalue weighted by atomic mass is 16.5. The highest BCUT2D eigenvalue weighted by Gasteiger charge is 2.30. The van der Waals surface area contributed by atoms with Gasteiger partial charge >= 0.3 is 12.0 Å². The fourth-order valence-corrected chi connectivity index (χ4v) is 3.04. The molecule has 0 radical (unpaired) electrons. The summed E-state index contributed by atoms with van der Waals surface area (Å²) in [5, 5.41) is 5.45. The molecule has 0 saturated heterocycles.